The Morgan fingerprint density at radius 1 is 1.21 bits per heavy atom. The highest BCUT2D eigenvalue weighted by molar-refractivity contribution is 5.81. The lowest BCUT2D eigenvalue weighted by atomic mass is 9.96. The molecule has 0 unspecified atom stereocenters. The Bertz CT molecular complexity index is 657. The van der Waals surface area contributed by atoms with Crippen molar-refractivity contribution in [1.82, 2.24) is 4.90 Å². The first-order valence-corrected chi connectivity index (χ1v) is 6.08. The minimum Gasteiger partial charge on any atom is -0.453 e. The van der Waals surface area contributed by atoms with E-state index in [-0.39, 0.29) is 5.91 Å². The van der Waals surface area contributed by atoms with Crippen LogP contribution in [-0.4, -0.2) is 24.1 Å². The van der Waals surface area contributed by atoms with Gasteiger partial charge in [-0.25, -0.2) is 0 Å². The zero-order valence-electron chi connectivity index (χ0n) is 10.6. The van der Waals surface area contributed by atoms with E-state index in [2.05, 4.69) is 0 Å². The van der Waals surface area contributed by atoms with Crippen molar-refractivity contribution in [2.75, 3.05) is 7.05 Å². The van der Waals surface area contributed by atoms with E-state index in [0.29, 0.717) is 30.8 Å². The molecule has 0 fully saturated rings. The van der Waals surface area contributed by atoms with Gasteiger partial charge in [-0.15, -0.1) is 0 Å². The summed E-state index contributed by atoms with van der Waals surface area (Å²) >= 11 is 0. The van der Waals surface area contributed by atoms with Crippen molar-refractivity contribution in [1.29, 1.82) is 0 Å². The Morgan fingerprint density at radius 2 is 2.05 bits per heavy atom. The van der Waals surface area contributed by atoms with E-state index in [4.69, 9.17) is 4.42 Å². The first kappa shape index (κ1) is 11.7. The molecule has 96 valence electrons. The van der Waals surface area contributed by atoms with Crippen molar-refractivity contribution in [2.45, 2.75) is 13.0 Å². The number of amides is 1. The van der Waals surface area contributed by atoms with Crippen molar-refractivity contribution in [2.24, 2.45) is 0 Å². The molecule has 2 aromatic rings. The Balaban J connectivity index is 1.99. The van der Waals surface area contributed by atoms with Crippen molar-refractivity contribution in [3.63, 3.8) is 0 Å². The second kappa shape index (κ2) is 4.39. The van der Waals surface area contributed by atoms with E-state index in [9.17, 15) is 9.59 Å². The molecule has 4 nitrogen and oxygen atoms in total. The van der Waals surface area contributed by atoms with Crippen molar-refractivity contribution < 1.29 is 14.0 Å². The summed E-state index contributed by atoms with van der Waals surface area (Å²) in [6, 6.07) is 9.33. The van der Waals surface area contributed by atoms with Crippen LogP contribution in [0.1, 0.15) is 21.7 Å². The summed E-state index contributed by atoms with van der Waals surface area (Å²) in [7, 11) is 1.80. The number of hydrogen-bond acceptors (Lipinski definition) is 3. The quantitative estimate of drug-likeness (QED) is 0.773. The average molecular weight is 255 g/mol. The SMILES string of the molecule is CN1Cc2cc(-c3ccc(C=O)o3)ccc2CC1=O. The van der Waals surface area contributed by atoms with Gasteiger partial charge in [0.05, 0.1) is 6.42 Å². The maximum absolute atomic E-state index is 11.6. The standard InChI is InChI=1S/C15H13NO3/c1-16-8-12-6-11(3-2-10(12)7-15(16)18)14-5-4-13(9-17)19-14/h2-6,9H,7-8H2,1H3. The fourth-order valence-corrected chi connectivity index (χ4v) is 2.31. The molecule has 1 aliphatic heterocycles. The van der Waals surface area contributed by atoms with Crippen LogP contribution in [-0.2, 0) is 17.8 Å². The Morgan fingerprint density at radius 3 is 2.79 bits per heavy atom. The molecule has 0 saturated heterocycles. The molecule has 0 atom stereocenters. The molecule has 0 aliphatic carbocycles. The van der Waals surface area contributed by atoms with Crippen LogP contribution >= 0.6 is 0 Å². The predicted molar refractivity (Wildman–Crippen MR) is 69.7 cm³/mol. The third kappa shape index (κ3) is 2.05. The van der Waals surface area contributed by atoms with Gasteiger partial charge in [-0.3, -0.25) is 9.59 Å². The number of benzene rings is 1. The molecule has 3 rings (SSSR count). The van der Waals surface area contributed by atoms with Crippen LogP contribution in [0.5, 0.6) is 0 Å². The topological polar surface area (TPSA) is 50.5 Å². The number of furan rings is 1. The predicted octanol–water partition coefficient (Wildman–Crippen LogP) is 2.27. The van der Waals surface area contributed by atoms with Crippen LogP contribution in [0.3, 0.4) is 0 Å². The lowest BCUT2D eigenvalue weighted by Gasteiger charge is -2.25. The summed E-state index contributed by atoms with van der Waals surface area (Å²) in [5.41, 5.74) is 3.12. The van der Waals surface area contributed by atoms with E-state index >= 15 is 0 Å². The van der Waals surface area contributed by atoms with Gasteiger partial charge >= 0.3 is 0 Å². The Labute approximate surface area is 110 Å². The first-order chi connectivity index (χ1) is 9.17. The summed E-state index contributed by atoms with van der Waals surface area (Å²) in [6.07, 6.45) is 1.14. The van der Waals surface area contributed by atoms with Gasteiger partial charge in [0.15, 0.2) is 12.0 Å². The number of carbonyl (C=O) groups excluding carboxylic acids is 2. The third-order valence-electron chi connectivity index (χ3n) is 3.41. The van der Waals surface area contributed by atoms with Crippen LogP contribution in [0, 0.1) is 0 Å². The summed E-state index contributed by atoms with van der Waals surface area (Å²) in [4.78, 5) is 24.0. The van der Waals surface area contributed by atoms with E-state index in [0.717, 1.165) is 16.7 Å². The molecule has 0 spiro atoms. The van der Waals surface area contributed by atoms with Crippen LogP contribution < -0.4 is 0 Å². The molecular weight excluding hydrogens is 242 g/mol. The Kier molecular flexibility index (Phi) is 2.71. The van der Waals surface area contributed by atoms with Gasteiger partial charge in [-0.1, -0.05) is 12.1 Å². The van der Waals surface area contributed by atoms with Gasteiger partial charge in [-0.05, 0) is 29.3 Å². The molecule has 0 N–H and O–H groups in total. The lowest BCUT2D eigenvalue weighted by molar-refractivity contribution is -0.130. The second-order valence-corrected chi connectivity index (χ2v) is 4.73. The highest BCUT2D eigenvalue weighted by Gasteiger charge is 2.20. The number of carbonyl (C=O) groups is 2. The second-order valence-electron chi connectivity index (χ2n) is 4.73. The largest absolute Gasteiger partial charge is 0.453 e. The number of rotatable bonds is 2. The number of fused-ring (bicyclic) bond motifs is 1. The monoisotopic (exact) mass is 255 g/mol. The van der Waals surface area contributed by atoms with Gasteiger partial charge in [0.2, 0.25) is 5.91 Å². The van der Waals surface area contributed by atoms with Gasteiger partial charge in [0.1, 0.15) is 5.76 Å². The van der Waals surface area contributed by atoms with Gasteiger partial charge in [0, 0.05) is 19.2 Å². The van der Waals surface area contributed by atoms with Crippen molar-refractivity contribution in [3.05, 3.63) is 47.2 Å². The zero-order chi connectivity index (χ0) is 13.4. The number of hydrogen-bond donors (Lipinski definition) is 0. The summed E-state index contributed by atoms with van der Waals surface area (Å²) in [5, 5.41) is 0. The summed E-state index contributed by atoms with van der Waals surface area (Å²) < 4.78 is 5.41. The van der Waals surface area contributed by atoms with Gasteiger partial charge in [0.25, 0.3) is 0 Å². The number of likely N-dealkylation sites (N-methyl/N-ethyl adjacent to an activating group) is 1. The molecule has 4 heteroatoms. The fraction of sp³-hybridized carbons (Fsp3) is 0.200. The molecule has 1 aliphatic rings. The van der Waals surface area contributed by atoms with Crippen molar-refractivity contribution >= 4 is 12.2 Å². The summed E-state index contributed by atoms with van der Waals surface area (Å²) in [6.45, 7) is 0.614. The normalized spacial score (nSPS) is 14.4. The molecule has 1 amide bonds. The summed E-state index contributed by atoms with van der Waals surface area (Å²) in [5.74, 6) is 1.13. The highest BCUT2D eigenvalue weighted by atomic mass is 16.3. The fourth-order valence-electron chi connectivity index (χ4n) is 2.31. The van der Waals surface area contributed by atoms with Crippen LogP contribution in [0.2, 0.25) is 0 Å². The van der Waals surface area contributed by atoms with Gasteiger partial charge in [-0.2, -0.15) is 0 Å². The molecule has 19 heavy (non-hydrogen) atoms. The maximum atomic E-state index is 11.6. The third-order valence-corrected chi connectivity index (χ3v) is 3.41. The van der Waals surface area contributed by atoms with E-state index < -0.39 is 0 Å². The molecule has 1 aromatic carbocycles. The molecule has 0 radical (unpaired) electrons. The Hall–Kier alpha value is -2.36. The van der Waals surface area contributed by atoms with E-state index in [1.807, 2.05) is 18.2 Å². The number of nitrogens with zero attached hydrogens (tertiary/aromatic N) is 1. The van der Waals surface area contributed by atoms with Crippen LogP contribution in [0.15, 0.2) is 34.7 Å². The minimum absolute atomic E-state index is 0.140. The zero-order valence-corrected chi connectivity index (χ0v) is 10.6. The smallest absolute Gasteiger partial charge is 0.227 e. The van der Waals surface area contributed by atoms with E-state index in [1.165, 1.54) is 0 Å². The molecule has 0 saturated carbocycles. The highest BCUT2D eigenvalue weighted by Crippen LogP contribution is 2.27. The minimum atomic E-state index is 0.140. The molecule has 1 aromatic heterocycles. The molecule has 0 bridgehead atoms. The van der Waals surface area contributed by atoms with Gasteiger partial charge < -0.3 is 9.32 Å². The lowest BCUT2D eigenvalue weighted by Crippen LogP contribution is -2.32. The maximum Gasteiger partial charge on any atom is 0.227 e. The first-order valence-electron chi connectivity index (χ1n) is 6.08. The van der Waals surface area contributed by atoms with Crippen molar-refractivity contribution in [3.8, 4) is 11.3 Å². The number of aldehydes is 1. The average Bonchev–Trinajstić information content (AvgIpc) is 2.88. The molecular formula is C15H13NO3. The van der Waals surface area contributed by atoms with E-state index in [1.54, 1.807) is 24.1 Å². The van der Waals surface area contributed by atoms with Crippen LogP contribution in [0.25, 0.3) is 11.3 Å². The molecule has 2 heterocycles. The van der Waals surface area contributed by atoms with Crippen LogP contribution in [0.4, 0.5) is 0 Å².